The molecule has 1 saturated carbocycles. The Hall–Kier alpha value is -0.880. The minimum Gasteiger partial charge on any atom is -0.481 e. The molecule has 0 aromatic carbocycles. The number of carboxylic acids is 1. The summed E-state index contributed by atoms with van der Waals surface area (Å²) in [5, 5.41) is 14.0. The first kappa shape index (κ1) is 14.5. The molecule has 1 aromatic rings. The van der Waals surface area contributed by atoms with Crippen molar-refractivity contribution in [2.45, 2.75) is 32.2 Å². The van der Waals surface area contributed by atoms with E-state index in [9.17, 15) is 9.59 Å². The van der Waals surface area contributed by atoms with Gasteiger partial charge in [0.05, 0.1) is 18.4 Å². The molecule has 1 amide bonds. The van der Waals surface area contributed by atoms with Gasteiger partial charge in [0.25, 0.3) is 0 Å². The van der Waals surface area contributed by atoms with Crippen LogP contribution in [0.4, 0.5) is 0 Å². The summed E-state index contributed by atoms with van der Waals surface area (Å²) in [7, 11) is 0. The van der Waals surface area contributed by atoms with Crippen LogP contribution in [0.3, 0.4) is 0 Å². The van der Waals surface area contributed by atoms with Crippen molar-refractivity contribution in [1.82, 2.24) is 5.32 Å². The predicted molar refractivity (Wildman–Crippen MR) is 76.9 cm³/mol. The maximum absolute atomic E-state index is 12.1. The molecule has 0 spiro atoms. The highest BCUT2D eigenvalue weighted by atomic mass is 79.9. The number of amides is 1. The molecule has 6 heteroatoms. The monoisotopic (exact) mass is 345 g/mol. The quantitative estimate of drug-likeness (QED) is 0.881. The number of hydrogen-bond donors (Lipinski definition) is 2. The second-order valence-electron chi connectivity index (χ2n) is 4.75. The lowest BCUT2D eigenvalue weighted by molar-refractivity contribution is -0.148. The first-order valence-corrected chi connectivity index (χ1v) is 7.99. The van der Waals surface area contributed by atoms with Gasteiger partial charge < -0.3 is 10.4 Å². The van der Waals surface area contributed by atoms with Gasteiger partial charge in [-0.05, 0) is 40.2 Å². The van der Waals surface area contributed by atoms with Crippen molar-refractivity contribution in [1.29, 1.82) is 0 Å². The van der Waals surface area contributed by atoms with E-state index in [1.54, 1.807) is 11.3 Å². The molecule has 1 fully saturated rings. The molecule has 0 aliphatic heterocycles. The van der Waals surface area contributed by atoms with E-state index in [1.165, 1.54) is 0 Å². The van der Waals surface area contributed by atoms with Gasteiger partial charge in [-0.25, -0.2) is 0 Å². The lowest BCUT2D eigenvalue weighted by Crippen LogP contribution is -2.39. The van der Waals surface area contributed by atoms with Gasteiger partial charge in [-0.15, -0.1) is 11.3 Å². The number of carbonyl (C=O) groups is 2. The summed E-state index contributed by atoms with van der Waals surface area (Å²) in [4.78, 5) is 24.4. The highest BCUT2D eigenvalue weighted by Gasteiger charge is 2.35. The summed E-state index contributed by atoms with van der Waals surface area (Å²) in [6, 6.07) is 1.94. The van der Waals surface area contributed by atoms with Crippen molar-refractivity contribution >= 4 is 39.1 Å². The second kappa shape index (κ2) is 6.52. The van der Waals surface area contributed by atoms with E-state index in [0.29, 0.717) is 19.4 Å². The normalized spacial score (nSPS) is 23.0. The number of carbonyl (C=O) groups excluding carboxylic acids is 1. The minimum atomic E-state index is -0.850. The zero-order chi connectivity index (χ0) is 13.8. The molecule has 0 saturated heterocycles. The van der Waals surface area contributed by atoms with Crippen LogP contribution in [0, 0.1) is 11.8 Å². The lowest BCUT2D eigenvalue weighted by atomic mass is 9.79. The van der Waals surface area contributed by atoms with Crippen molar-refractivity contribution in [3.8, 4) is 0 Å². The molecule has 2 unspecified atom stereocenters. The van der Waals surface area contributed by atoms with E-state index in [4.69, 9.17) is 5.11 Å². The van der Waals surface area contributed by atoms with Crippen molar-refractivity contribution in [3.63, 3.8) is 0 Å². The summed E-state index contributed by atoms with van der Waals surface area (Å²) in [6.07, 6.45) is 3.12. The third-order valence-electron chi connectivity index (χ3n) is 3.53. The number of halogens is 1. The fourth-order valence-electron chi connectivity index (χ4n) is 2.49. The molecule has 2 atom stereocenters. The van der Waals surface area contributed by atoms with Crippen LogP contribution in [0.5, 0.6) is 0 Å². The average Bonchev–Trinajstić information content (AvgIpc) is 2.81. The van der Waals surface area contributed by atoms with Crippen molar-refractivity contribution in [2.24, 2.45) is 11.8 Å². The van der Waals surface area contributed by atoms with E-state index in [-0.39, 0.29) is 11.8 Å². The molecule has 1 heterocycles. The fourth-order valence-corrected chi connectivity index (χ4v) is 3.92. The van der Waals surface area contributed by atoms with Crippen LogP contribution >= 0.6 is 27.3 Å². The van der Waals surface area contributed by atoms with Gasteiger partial charge in [0.2, 0.25) is 5.91 Å². The second-order valence-corrected chi connectivity index (χ2v) is 6.60. The largest absolute Gasteiger partial charge is 0.481 e. The smallest absolute Gasteiger partial charge is 0.307 e. The maximum Gasteiger partial charge on any atom is 0.307 e. The van der Waals surface area contributed by atoms with Gasteiger partial charge in [0, 0.05) is 9.35 Å². The number of thiophene rings is 1. The van der Waals surface area contributed by atoms with Gasteiger partial charge in [-0.1, -0.05) is 12.8 Å². The van der Waals surface area contributed by atoms with Gasteiger partial charge in [-0.2, -0.15) is 0 Å². The Bertz CT molecular complexity index is 474. The lowest BCUT2D eigenvalue weighted by Gasteiger charge is -2.27. The Morgan fingerprint density at radius 3 is 2.63 bits per heavy atom. The number of nitrogens with one attached hydrogen (secondary N) is 1. The third kappa shape index (κ3) is 3.57. The van der Waals surface area contributed by atoms with Crippen LogP contribution in [0.25, 0.3) is 0 Å². The Balaban J connectivity index is 1.94. The number of carboxylic acid groups (broad SMARTS) is 1. The summed E-state index contributed by atoms with van der Waals surface area (Å²) in [6.45, 7) is 0.458. The first-order valence-electron chi connectivity index (χ1n) is 6.32. The summed E-state index contributed by atoms with van der Waals surface area (Å²) in [5.41, 5.74) is 0. The Morgan fingerprint density at radius 1 is 1.37 bits per heavy atom. The van der Waals surface area contributed by atoms with Crippen molar-refractivity contribution < 1.29 is 14.7 Å². The van der Waals surface area contributed by atoms with Crippen LogP contribution < -0.4 is 5.32 Å². The van der Waals surface area contributed by atoms with Crippen LogP contribution in [0.1, 0.15) is 30.6 Å². The summed E-state index contributed by atoms with van der Waals surface area (Å²) < 4.78 is 0.983. The average molecular weight is 346 g/mol. The minimum absolute atomic E-state index is 0.132. The predicted octanol–water partition coefficient (Wildman–Crippen LogP) is 3.02. The maximum atomic E-state index is 12.1. The molecule has 1 aliphatic carbocycles. The van der Waals surface area contributed by atoms with Crippen LogP contribution in [0.2, 0.25) is 0 Å². The molecule has 19 heavy (non-hydrogen) atoms. The molecule has 0 bridgehead atoms. The van der Waals surface area contributed by atoms with Gasteiger partial charge in [-0.3, -0.25) is 9.59 Å². The molecule has 0 radical (unpaired) electrons. The van der Waals surface area contributed by atoms with E-state index < -0.39 is 11.9 Å². The van der Waals surface area contributed by atoms with Crippen LogP contribution in [-0.2, 0) is 16.1 Å². The number of hydrogen-bond acceptors (Lipinski definition) is 3. The van der Waals surface area contributed by atoms with Crippen LogP contribution in [0.15, 0.2) is 15.9 Å². The SMILES string of the molecule is O=C(O)C1CCCCC1C(=O)NCc1sccc1Br. The number of rotatable bonds is 4. The zero-order valence-electron chi connectivity index (χ0n) is 10.4. The third-order valence-corrected chi connectivity index (χ3v) is 5.46. The summed E-state index contributed by atoms with van der Waals surface area (Å²) >= 11 is 4.98. The molecular weight excluding hydrogens is 330 g/mol. The highest BCUT2D eigenvalue weighted by Crippen LogP contribution is 2.30. The molecule has 104 valence electrons. The van der Waals surface area contributed by atoms with Gasteiger partial charge >= 0.3 is 5.97 Å². The molecule has 4 nitrogen and oxygen atoms in total. The van der Waals surface area contributed by atoms with E-state index in [0.717, 1.165) is 22.2 Å². The Labute approximate surface area is 124 Å². The van der Waals surface area contributed by atoms with Gasteiger partial charge in [0.15, 0.2) is 0 Å². The first-order chi connectivity index (χ1) is 9.09. The summed E-state index contributed by atoms with van der Waals surface area (Å²) in [5.74, 6) is -1.89. The van der Waals surface area contributed by atoms with Gasteiger partial charge in [0.1, 0.15) is 0 Å². The topological polar surface area (TPSA) is 66.4 Å². The zero-order valence-corrected chi connectivity index (χ0v) is 12.8. The molecular formula is C13H16BrNO3S. The fraction of sp³-hybridized carbons (Fsp3) is 0.538. The molecule has 2 rings (SSSR count). The Kier molecular flexibility index (Phi) is 4.99. The number of aliphatic carboxylic acids is 1. The van der Waals surface area contributed by atoms with Crippen molar-refractivity contribution in [3.05, 3.63) is 20.8 Å². The van der Waals surface area contributed by atoms with E-state index in [1.807, 2.05) is 11.4 Å². The van der Waals surface area contributed by atoms with E-state index >= 15 is 0 Å². The molecule has 2 N–H and O–H groups in total. The Morgan fingerprint density at radius 2 is 2.05 bits per heavy atom. The highest BCUT2D eigenvalue weighted by molar-refractivity contribution is 9.10. The standard InChI is InChI=1S/C13H16BrNO3S/c14-10-5-6-19-11(10)7-15-12(16)8-3-1-2-4-9(8)13(17)18/h5-6,8-9H,1-4,7H2,(H,15,16)(H,17,18). The molecule has 1 aromatic heterocycles. The van der Waals surface area contributed by atoms with E-state index in [2.05, 4.69) is 21.2 Å². The van der Waals surface area contributed by atoms with Crippen LogP contribution in [-0.4, -0.2) is 17.0 Å². The van der Waals surface area contributed by atoms with Crippen molar-refractivity contribution in [2.75, 3.05) is 0 Å². The molecule has 1 aliphatic rings.